The summed E-state index contributed by atoms with van der Waals surface area (Å²) < 4.78 is 39.2. The normalized spacial score (nSPS) is 17.5. The van der Waals surface area contributed by atoms with Gasteiger partial charge in [-0.3, -0.25) is 14.7 Å². The van der Waals surface area contributed by atoms with Gasteiger partial charge >= 0.3 is 6.18 Å². The van der Waals surface area contributed by atoms with Crippen LogP contribution in [0.2, 0.25) is 0 Å². The Kier molecular flexibility index (Phi) is 6.54. The first-order chi connectivity index (χ1) is 18.7. The molecule has 0 spiro atoms. The Labute approximate surface area is 223 Å². The molecule has 6 rings (SSSR count). The van der Waals surface area contributed by atoms with Gasteiger partial charge in [-0.05, 0) is 55.7 Å². The SMILES string of the molecule is CC(c1ccnc(Cc2nc3ccc(-c4cc(C(F)(F)F)ncn4)cc3[nH]2)c1)N1CCN(C(=O)C2CC2)CC1. The molecule has 1 aliphatic heterocycles. The lowest BCUT2D eigenvalue weighted by Gasteiger charge is -2.38. The van der Waals surface area contributed by atoms with E-state index in [1.54, 1.807) is 18.2 Å². The zero-order chi connectivity index (χ0) is 27.1. The third kappa shape index (κ3) is 5.49. The number of benzene rings is 1. The molecule has 2 fully saturated rings. The highest BCUT2D eigenvalue weighted by Gasteiger charge is 2.35. The van der Waals surface area contributed by atoms with Gasteiger partial charge in [0.15, 0.2) is 0 Å². The second-order valence-corrected chi connectivity index (χ2v) is 10.3. The Morgan fingerprint density at radius 2 is 1.85 bits per heavy atom. The van der Waals surface area contributed by atoms with Crippen molar-refractivity contribution in [2.45, 2.75) is 38.4 Å². The highest BCUT2D eigenvalue weighted by molar-refractivity contribution is 5.81. The lowest BCUT2D eigenvalue weighted by molar-refractivity contribution is -0.141. The third-order valence-electron chi connectivity index (χ3n) is 7.56. The highest BCUT2D eigenvalue weighted by Crippen LogP contribution is 2.32. The molecule has 1 atom stereocenters. The molecule has 3 aromatic heterocycles. The van der Waals surface area contributed by atoms with E-state index < -0.39 is 11.9 Å². The molecule has 1 saturated heterocycles. The van der Waals surface area contributed by atoms with Crippen LogP contribution in [0.25, 0.3) is 22.3 Å². The van der Waals surface area contributed by atoms with Crippen LogP contribution in [-0.4, -0.2) is 66.8 Å². The van der Waals surface area contributed by atoms with Gasteiger partial charge in [0.05, 0.1) is 16.7 Å². The van der Waals surface area contributed by atoms with E-state index in [0.717, 1.165) is 62.7 Å². The van der Waals surface area contributed by atoms with Crippen LogP contribution in [0.3, 0.4) is 0 Å². The molecule has 1 N–H and O–H groups in total. The van der Waals surface area contributed by atoms with Gasteiger partial charge in [-0.2, -0.15) is 13.2 Å². The Morgan fingerprint density at radius 1 is 1.05 bits per heavy atom. The molecule has 4 heterocycles. The number of aromatic nitrogens is 5. The summed E-state index contributed by atoms with van der Waals surface area (Å²) in [6, 6.07) is 10.5. The van der Waals surface area contributed by atoms with E-state index in [2.05, 4.69) is 42.8 Å². The molecule has 39 heavy (non-hydrogen) atoms. The number of alkyl halides is 3. The number of halogens is 3. The summed E-state index contributed by atoms with van der Waals surface area (Å²) in [7, 11) is 0. The first-order valence-electron chi connectivity index (χ1n) is 13.1. The Morgan fingerprint density at radius 3 is 2.59 bits per heavy atom. The number of pyridine rings is 1. The molecule has 202 valence electrons. The zero-order valence-corrected chi connectivity index (χ0v) is 21.4. The fourth-order valence-electron chi connectivity index (χ4n) is 5.13. The van der Waals surface area contributed by atoms with Crippen LogP contribution < -0.4 is 0 Å². The molecule has 8 nitrogen and oxygen atoms in total. The zero-order valence-electron chi connectivity index (χ0n) is 21.4. The van der Waals surface area contributed by atoms with E-state index in [9.17, 15) is 18.0 Å². The number of rotatable bonds is 6. The third-order valence-corrected chi connectivity index (χ3v) is 7.56. The van der Waals surface area contributed by atoms with Gasteiger partial charge in [-0.1, -0.05) is 6.07 Å². The average Bonchev–Trinajstić information content (AvgIpc) is 3.71. The fourth-order valence-corrected chi connectivity index (χ4v) is 5.13. The van der Waals surface area contributed by atoms with E-state index in [-0.39, 0.29) is 17.7 Å². The number of carbonyl (C=O) groups excluding carboxylic acids is 1. The van der Waals surface area contributed by atoms with E-state index in [0.29, 0.717) is 34.7 Å². The summed E-state index contributed by atoms with van der Waals surface area (Å²) in [5.41, 5.74) is 3.19. The van der Waals surface area contributed by atoms with Crippen LogP contribution in [0.1, 0.15) is 48.6 Å². The smallest absolute Gasteiger partial charge is 0.342 e. The molecule has 1 amide bonds. The van der Waals surface area contributed by atoms with Crippen LogP contribution >= 0.6 is 0 Å². The molecule has 1 unspecified atom stereocenters. The summed E-state index contributed by atoms with van der Waals surface area (Å²) >= 11 is 0. The second kappa shape index (κ2) is 10.0. The topological polar surface area (TPSA) is 90.9 Å². The van der Waals surface area contributed by atoms with Crippen molar-refractivity contribution in [3.8, 4) is 11.3 Å². The van der Waals surface area contributed by atoms with Crippen LogP contribution in [0.15, 0.2) is 48.9 Å². The molecule has 11 heteroatoms. The number of hydrogen-bond donors (Lipinski definition) is 1. The Hall–Kier alpha value is -3.86. The van der Waals surface area contributed by atoms with Crippen molar-refractivity contribution in [2.75, 3.05) is 26.2 Å². The summed E-state index contributed by atoms with van der Waals surface area (Å²) in [5.74, 6) is 1.29. The van der Waals surface area contributed by atoms with E-state index in [1.165, 1.54) is 0 Å². The Bertz CT molecular complexity index is 1510. The van der Waals surface area contributed by atoms with Gasteiger partial charge < -0.3 is 9.88 Å². The van der Waals surface area contributed by atoms with Gasteiger partial charge in [0.25, 0.3) is 0 Å². The summed E-state index contributed by atoms with van der Waals surface area (Å²) in [6.45, 7) is 5.41. The standard InChI is InChI=1S/C28H28F3N7O/c1-17(37-8-10-38(11-9-37)27(39)18-2-3-18)19-6-7-32-21(12-19)14-26-35-22-5-4-20(13-24(22)36-26)23-15-25(28(29,30)31)34-16-33-23/h4-7,12-13,15-18H,2-3,8-11,14H2,1H3,(H,35,36). The van der Waals surface area contributed by atoms with Crippen LogP contribution in [0, 0.1) is 5.92 Å². The number of carbonyl (C=O) groups is 1. The van der Waals surface area contributed by atoms with Crippen LogP contribution in [0.5, 0.6) is 0 Å². The van der Waals surface area contributed by atoms with Crippen molar-refractivity contribution in [1.29, 1.82) is 0 Å². The number of nitrogens with zero attached hydrogens (tertiary/aromatic N) is 6. The molecule has 0 bridgehead atoms. The summed E-state index contributed by atoms with van der Waals surface area (Å²) in [5, 5.41) is 0. The number of piperazine rings is 1. The average molecular weight is 536 g/mol. The predicted octanol–water partition coefficient (Wildman–Crippen LogP) is 4.64. The second-order valence-electron chi connectivity index (χ2n) is 10.3. The molecular weight excluding hydrogens is 507 g/mol. The lowest BCUT2D eigenvalue weighted by atomic mass is 10.1. The minimum atomic E-state index is -4.54. The minimum Gasteiger partial charge on any atom is -0.342 e. The number of amides is 1. The molecule has 1 aromatic carbocycles. The molecule has 2 aliphatic rings. The lowest BCUT2D eigenvalue weighted by Crippen LogP contribution is -2.49. The quantitative estimate of drug-likeness (QED) is 0.387. The largest absolute Gasteiger partial charge is 0.433 e. The monoisotopic (exact) mass is 535 g/mol. The molecule has 0 radical (unpaired) electrons. The number of nitrogens with one attached hydrogen (secondary N) is 1. The van der Waals surface area contributed by atoms with E-state index in [1.807, 2.05) is 17.2 Å². The van der Waals surface area contributed by atoms with Gasteiger partial charge in [0.1, 0.15) is 17.8 Å². The van der Waals surface area contributed by atoms with Crippen molar-refractivity contribution in [2.24, 2.45) is 5.92 Å². The Balaban J connectivity index is 1.14. The molecule has 1 saturated carbocycles. The van der Waals surface area contributed by atoms with E-state index in [4.69, 9.17) is 0 Å². The number of aromatic amines is 1. The number of imidazole rings is 1. The van der Waals surface area contributed by atoms with Gasteiger partial charge in [-0.15, -0.1) is 0 Å². The van der Waals surface area contributed by atoms with Crippen molar-refractivity contribution < 1.29 is 18.0 Å². The first kappa shape index (κ1) is 25.4. The predicted molar refractivity (Wildman–Crippen MR) is 138 cm³/mol. The van der Waals surface area contributed by atoms with Crippen molar-refractivity contribution in [3.05, 3.63) is 71.7 Å². The maximum atomic E-state index is 13.1. The number of fused-ring (bicyclic) bond motifs is 1. The summed E-state index contributed by atoms with van der Waals surface area (Å²) in [6.07, 6.45) is 0.750. The van der Waals surface area contributed by atoms with Crippen molar-refractivity contribution >= 4 is 16.9 Å². The summed E-state index contributed by atoms with van der Waals surface area (Å²) in [4.78, 5) is 36.6. The minimum absolute atomic E-state index is 0.191. The first-order valence-corrected chi connectivity index (χ1v) is 13.1. The molecule has 4 aromatic rings. The van der Waals surface area contributed by atoms with Crippen LogP contribution in [0.4, 0.5) is 13.2 Å². The van der Waals surface area contributed by atoms with Crippen molar-refractivity contribution in [3.63, 3.8) is 0 Å². The van der Waals surface area contributed by atoms with Gasteiger partial charge in [-0.25, -0.2) is 15.0 Å². The highest BCUT2D eigenvalue weighted by atomic mass is 19.4. The molecular formula is C28H28F3N7O. The maximum absolute atomic E-state index is 13.1. The van der Waals surface area contributed by atoms with Gasteiger partial charge in [0.2, 0.25) is 5.91 Å². The van der Waals surface area contributed by atoms with Crippen molar-refractivity contribution in [1.82, 2.24) is 34.7 Å². The fraction of sp³-hybridized carbons (Fsp3) is 0.393. The molecule has 1 aliphatic carbocycles. The van der Waals surface area contributed by atoms with Crippen LogP contribution in [-0.2, 0) is 17.4 Å². The maximum Gasteiger partial charge on any atom is 0.433 e. The van der Waals surface area contributed by atoms with E-state index >= 15 is 0 Å². The number of hydrogen-bond acceptors (Lipinski definition) is 6. The number of H-pyrrole nitrogens is 1. The van der Waals surface area contributed by atoms with Gasteiger partial charge in [0, 0.05) is 62.0 Å².